The van der Waals surface area contributed by atoms with Gasteiger partial charge in [0.25, 0.3) is 5.91 Å². The number of amides is 1. The van der Waals surface area contributed by atoms with E-state index in [2.05, 4.69) is 25.6 Å². The Labute approximate surface area is 184 Å². The minimum atomic E-state index is -3.65. The third kappa shape index (κ3) is 4.95. The number of sulfonamides is 1. The van der Waals surface area contributed by atoms with Crippen LogP contribution in [0.1, 0.15) is 28.9 Å². The summed E-state index contributed by atoms with van der Waals surface area (Å²) in [7, 11) is -3.65. The molecule has 1 amide bonds. The highest BCUT2D eigenvalue weighted by atomic mass is 79.9. The summed E-state index contributed by atoms with van der Waals surface area (Å²) in [4.78, 5) is 19.4. The van der Waals surface area contributed by atoms with Gasteiger partial charge in [-0.2, -0.15) is 0 Å². The van der Waals surface area contributed by atoms with Crippen LogP contribution in [0.5, 0.6) is 0 Å². The van der Waals surface area contributed by atoms with Gasteiger partial charge in [-0.05, 0) is 67.4 Å². The second-order valence-electron chi connectivity index (χ2n) is 7.11. The summed E-state index contributed by atoms with van der Waals surface area (Å²) in [5, 5.41) is 0. The molecule has 6 nitrogen and oxygen atoms in total. The number of nitrogens with zero attached hydrogens (tertiary/aromatic N) is 2. The molecule has 0 radical (unpaired) electrons. The summed E-state index contributed by atoms with van der Waals surface area (Å²) in [6.45, 7) is 0.263. The third-order valence-corrected chi connectivity index (χ3v) is 6.77. The van der Waals surface area contributed by atoms with Crippen LogP contribution in [-0.4, -0.2) is 25.4 Å². The van der Waals surface area contributed by atoms with E-state index in [1.807, 2.05) is 42.5 Å². The molecule has 30 heavy (non-hydrogen) atoms. The van der Waals surface area contributed by atoms with Gasteiger partial charge in [-0.3, -0.25) is 9.78 Å². The summed E-state index contributed by atoms with van der Waals surface area (Å²) in [6, 6.07) is 19.1. The van der Waals surface area contributed by atoms with Gasteiger partial charge in [0, 0.05) is 28.0 Å². The molecule has 1 N–H and O–H groups in total. The van der Waals surface area contributed by atoms with Gasteiger partial charge in [0.15, 0.2) is 0 Å². The summed E-state index contributed by atoms with van der Waals surface area (Å²) in [6.07, 6.45) is 3.37. The van der Waals surface area contributed by atoms with E-state index in [0.29, 0.717) is 11.3 Å². The Kier molecular flexibility index (Phi) is 5.99. The van der Waals surface area contributed by atoms with Crippen molar-refractivity contribution in [3.63, 3.8) is 0 Å². The number of anilines is 1. The van der Waals surface area contributed by atoms with E-state index in [-0.39, 0.29) is 23.4 Å². The first-order chi connectivity index (χ1) is 14.4. The number of aromatic nitrogens is 1. The fraction of sp³-hybridized carbons (Fsp3) is 0.182. The molecule has 0 saturated heterocycles. The molecule has 0 spiro atoms. The Morgan fingerprint density at radius 3 is 2.50 bits per heavy atom. The van der Waals surface area contributed by atoms with Crippen molar-refractivity contribution < 1.29 is 13.2 Å². The predicted molar refractivity (Wildman–Crippen MR) is 119 cm³/mol. The minimum absolute atomic E-state index is 0.00206. The Morgan fingerprint density at radius 2 is 1.83 bits per heavy atom. The van der Waals surface area contributed by atoms with Gasteiger partial charge in [0.2, 0.25) is 10.0 Å². The fourth-order valence-electron chi connectivity index (χ4n) is 3.00. The number of hydrogen-bond donors (Lipinski definition) is 1. The van der Waals surface area contributed by atoms with E-state index in [0.717, 1.165) is 23.0 Å². The first-order valence-electron chi connectivity index (χ1n) is 9.52. The van der Waals surface area contributed by atoms with Gasteiger partial charge < -0.3 is 4.90 Å². The Balaban J connectivity index is 1.67. The van der Waals surface area contributed by atoms with E-state index in [1.54, 1.807) is 23.2 Å². The fourth-order valence-corrected chi connectivity index (χ4v) is 4.61. The zero-order valence-electron chi connectivity index (χ0n) is 16.0. The second kappa shape index (κ2) is 8.67. The molecule has 0 aliphatic heterocycles. The molecule has 0 unspecified atom stereocenters. The highest BCUT2D eigenvalue weighted by Crippen LogP contribution is 2.25. The zero-order valence-corrected chi connectivity index (χ0v) is 18.4. The molecule has 1 saturated carbocycles. The normalized spacial score (nSPS) is 13.8. The maximum Gasteiger partial charge on any atom is 0.258 e. The maximum absolute atomic E-state index is 13.4. The van der Waals surface area contributed by atoms with Crippen molar-refractivity contribution >= 4 is 37.5 Å². The van der Waals surface area contributed by atoms with Crippen LogP contribution in [0.3, 0.4) is 0 Å². The third-order valence-electron chi connectivity index (χ3n) is 4.72. The van der Waals surface area contributed by atoms with Crippen LogP contribution in [0.25, 0.3) is 0 Å². The molecule has 8 heteroatoms. The van der Waals surface area contributed by atoms with Crippen LogP contribution in [0.15, 0.2) is 82.3 Å². The number of halogens is 1. The lowest BCUT2D eigenvalue weighted by molar-refractivity contribution is 0.0984. The van der Waals surface area contributed by atoms with Crippen molar-refractivity contribution in [2.45, 2.75) is 30.3 Å². The molecule has 2 aromatic carbocycles. The first kappa shape index (κ1) is 20.7. The predicted octanol–water partition coefficient (Wildman–Crippen LogP) is 4.13. The van der Waals surface area contributed by atoms with E-state index >= 15 is 0 Å². The van der Waals surface area contributed by atoms with Crippen LogP contribution < -0.4 is 9.62 Å². The zero-order chi connectivity index (χ0) is 21.1. The Bertz CT molecular complexity index is 1150. The monoisotopic (exact) mass is 485 g/mol. The number of nitrogens with one attached hydrogen (secondary N) is 1. The minimum Gasteiger partial charge on any atom is -0.302 e. The largest absolute Gasteiger partial charge is 0.302 e. The average molecular weight is 486 g/mol. The number of hydrogen-bond acceptors (Lipinski definition) is 4. The van der Waals surface area contributed by atoms with Gasteiger partial charge in [-0.15, -0.1) is 0 Å². The first-order valence-corrected chi connectivity index (χ1v) is 11.8. The second-order valence-corrected chi connectivity index (χ2v) is 9.74. The van der Waals surface area contributed by atoms with Crippen molar-refractivity contribution in [3.05, 3.63) is 88.7 Å². The van der Waals surface area contributed by atoms with Crippen LogP contribution in [0.4, 0.5) is 5.69 Å². The number of benzene rings is 2. The van der Waals surface area contributed by atoms with Gasteiger partial charge in [-0.25, -0.2) is 13.1 Å². The highest BCUT2D eigenvalue weighted by Gasteiger charge is 2.28. The molecular weight excluding hydrogens is 466 g/mol. The van der Waals surface area contributed by atoms with Crippen molar-refractivity contribution in [2.75, 3.05) is 4.90 Å². The van der Waals surface area contributed by atoms with Crippen molar-refractivity contribution in [1.29, 1.82) is 0 Å². The van der Waals surface area contributed by atoms with E-state index in [4.69, 9.17) is 0 Å². The molecule has 1 aliphatic carbocycles. The van der Waals surface area contributed by atoms with Crippen LogP contribution in [0.2, 0.25) is 0 Å². The number of carbonyl (C=O) groups is 1. The quantitative estimate of drug-likeness (QED) is 0.545. The summed E-state index contributed by atoms with van der Waals surface area (Å²) in [5.74, 6) is -0.300. The summed E-state index contributed by atoms with van der Waals surface area (Å²) in [5.41, 5.74) is 1.72. The highest BCUT2D eigenvalue weighted by molar-refractivity contribution is 9.10. The number of carbonyl (C=O) groups excluding carboxylic acids is 1. The standard InChI is InChI=1S/C22H20BrN3O3S/c23-17-7-11-20(12-8-17)26(15-19-5-1-2-13-24-19)22(27)16-4-3-6-21(14-16)30(28,29)25-18-9-10-18/h1-8,11-14,18,25H,9-10,15H2. The van der Waals surface area contributed by atoms with Crippen molar-refractivity contribution in [1.82, 2.24) is 9.71 Å². The van der Waals surface area contributed by atoms with Crippen LogP contribution in [-0.2, 0) is 16.6 Å². The lowest BCUT2D eigenvalue weighted by atomic mass is 10.1. The molecule has 1 aromatic heterocycles. The van der Waals surface area contributed by atoms with E-state index in [1.165, 1.54) is 12.1 Å². The Morgan fingerprint density at radius 1 is 1.07 bits per heavy atom. The lowest BCUT2D eigenvalue weighted by Gasteiger charge is -2.23. The molecule has 0 atom stereocenters. The molecular formula is C22H20BrN3O3S. The number of pyridine rings is 1. The van der Waals surface area contributed by atoms with Crippen molar-refractivity contribution in [3.8, 4) is 0 Å². The molecule has 1 fully saturated rings. The average Bonchev–Trinajstić information content (AvgIpc) is 3.56. The van der Waals surface area contributed by atoms with Gasteiger partial charge in [0.1, 0.15) is 0 Å². The maximum atomic E-state index is 13.4. The summed E-state index contributed by atoms with van der Waals surface area (Å²) < 4.78 is 28.7. The molecule has 154 valence electrons. The molecule has 3 aromatic rings. The van der Waals surface area contributed by atoms with Gasteiger partial charge >= 0.3 is 0 Å². The Hall–Kier alpha value is -2.55. The lowest BCUT2D eigenvalue weighted by Crippen LogP contribution is -2.31. The SMILES string of the molecule is O=C(c1cccc(S(=O)(=O)NC2CC2)c1)N(Cc1ccccn1)c1ccc(Br)cc1. The van der Waals surface area contributed by atoms with E-state index in [9.17, 15) is 13.2 Å². The molecule has 1 aliphatic rings. The molecule has 4 rings (SSSR count). The van der Waals surface area contributed by atoms with Crippen LogP contribution >= 0.6 is 15.9 Å². The van der Waals surface area contributed by atoms with Gasteiger partial charge in [0.05, 0.1) is 17.1 Å². The van der Waals surface area contributed by atoms with Gasteiger partial charge in [-0.1, -0.05) is 28.1 Å². The smallest absolute Gasteiger partial charge is 0.258 e. The van der Waals surface area contributed by atoms with E-state index < -0.39 is 10.0 Å². The van der Waals surface area contributed by atoms with Crippen molar-refractivity contribution in [2.24, 2.45) is 0 Å². The van der Waals surface area contributed by atoms with Crippen LogP contribution in [0, 0.1) is 0 Å². The number of rotatable bonds is 7. The summed E-state index contributed by atoms with van der Waals surface area (Å²) >= 11 is 3.41. The topological polar surface area (TPSA) is 79.4 Å². The molecule has 1 heterocycles. The molecule has 0 bridgehead atoms.